The molecule has 0 aromatic heterocycles. The quantitative estimate of drug-likeness (QED) is 0.772. The predicted molar refractivity (Wildman–Crippen MR) is 86.4 cm³/mol. The largest absolute Gasteiger partial charge is 0.352 e. The number of amides is 2. The highest BCUT2D eigenvalue weighted by atomic mass is 35.5. The van der Waals surface area contributed by atoms with Crippen LogP contribution in [0, 0.1) is 0 Å². The summed E-state index contributed by atoms with van der Waals surface area (Å²) in [7, 11) is 0. The van der Waals surface area contributed by atoms with Gasteiger partial charge in [-0.1, -0.05) is 12.1 Å². The second-order valence-electron chi connectivity index (χ2n) is 5.71. The minimum Gasteiger partial charge on any atom is -0.352 e. The summed E-state index contributed by atoms with van der Waals surface area (Å²) in [6, 6.07) is 7.10. The number of halogens is 1. The summed E-state index contributed by atoms with van der Waals surface area (Å²) < 4.78 is 0. The molecule has 0 aliphatic carbocycles. The van der Waals surface area contributed by atoms with E-state index >= 15 is 0 Å². The summed E-state index contributed by atoms with van der Waals surface area (Å²) in [6.45, 7) is 6.53. The van der Waals surface area contributed by atoms with Crippen molar-refractivity contribution in [3.8, 4) is 0 Å². The van der Waals surface area contributed by atoms with Gasteiger partial charge in [-0.15, -0.1) is 12.4 Å². The Bertz CT molecular complexity index is 467. The Morgan fingerprint density at radius 2 is 1.71 bits per heavy atom. The van der Waals surface area contributed by atoms with E-state index in [1.54, 1.807) is 12.1 Å². The molecule has 21 heavy (non-hydrogen) atoms. The van der Waals surface area contributed by atoms with E-state index in [1.807, 2.05) is 32.9 Å². The van der Waals surface area contributed by atoms with Gasteiger partial charge < -0.3 is 16.4 Å². The van der Waals surface area contributed by atoms with Gasteiger partial charge in [-0.05, 0) is 38.5 Å². The van der Waals surface area contributed by atoms with Crippen molar-refractivity contribution in [2.45, 2.75) is 39.3 Å². The third-order valence-corrected chi connectivity index (χ3v) is 2.60. The molecule has 0 unspecified atom stereocenters. The van der Waals surface area contributed by atoms with Crippen LogP contribution in [0.5, 0.6) is 0 Å². The smallest absolute Gasteiger partial charge is 0.251 e. The lowest BCUT2D eigenvalue weighted by atomic mass is 10.1. The van der Waals surface area contributed by atoms with Crippen LogP contribution >= 0.6 is 12.4 Å². The monoisotopic (exact) mass is 313 g/mol. The maximum atomic E-state index is 11.8. The van der Waals surface area contributed by atoms with Crippen LogP contribution in [0.4, 0.5) is 0 Å². The number of hydrogen-bond donors (Lipinski definition) is 3. The minimum atomic E-state index is -0.251. The molecule has 6 heteroatoms. The molecule has 0 spiro atoms. The Kier molecular flexibility index (Phi) is 7.99. The van der Waals surface area contributed by atoms with Crippen LogP contribution < -0.4 is 16.4 Å². The number of benzene rings is 1. The van der Waals surface area contributed by atoms with Crippen LogP contribution in [0.3, 0.4) is 0 Å². The molecule has 4 N–H and O–H groups in total. The van der Waals surface area contributed by atoms with Gasteiger partial charge in [-0.25, -0.2) is 0 Å². The zero-order chi connectivity index (χ0) is 15.2. The molecular formula is C15H24ClN3O2. The molecule has 2 amide bonds. The Morgan fingerprint density at radius 3 is 2.19 bits per heavy atom. The summed E-state index contributed by atoms with van der Waals surface area (Å²) in [5.74, 6) is -0.256. The van der Waals surface area contributed by atoms with Crippen LogP contribution in [0.1, 0.15) is 43.1 Å². The van der Waals surface area contributed by atoms with Gasteiger partial charge in [0, 0.05) is 30.6 Å². The second kappa shape index (κ2) is 8.64. The minimum absolute atomic E-state index is 0. The maximum Gasteiger partial charge on any atom is 0.251 e. The molecule has 0 saturated carbocycles. The van der Waals surface area contributed by atoms with Crippen LogP contribution in [-0.2, 0) is 11.3 Å². The third-order valence-electron chi connectivity index (χ3n) is 2.60. The Labute approximate surface area is 132 Å². The third kappa shape index (κ3) is 7.68. The molecule has 0 atom stereocenters. The Hall–Kier alpha value is -1.59. The van der Waals surface area contributed by atoms with Crippen molar-refractivity contribution >= 4 is 24.2 Å². The summed E-state index contributed by atoms with van der Waals surface area (Å²) >= 11 is 0. The van der Waals surface area contributed by atoms with Crippen molar-refractivity contribution in [3.05, 3.63) is 35.4 Å². The fourth-order valence-electron chi connectivity index (χ4n) is 1.66. The van der Waals surface area contributed by atoms with Crippen molar-refractivity contribution in [2.24, 2.45) is 5.73 Å². The molecule has 0 saturated heterocycles. The summed E-state index contributed by atoms with van der Waals surface area (Å²) in [5.41, 5.74) is 6.79. The van der Waals surface area contributed by atoms with Crippen LogP contribution in [-0.4, -0.2) is 23.9 Å². The van der Waals surface area contributed by atoms with E-state index in [0.29, 0.717) is 18.7 Å². The molecule has 0 aliphatic heterocycles. The highest BCUT2D eigenvalue weighted by molar-refractivity contribution is 5.94. The summed E-state index contributed by atoms with van der Waals surface area (Å²) in [6.07, 6.45) is 0.268. The molecule has 0 heterocycles. The Morgan fingerprint density at radius 1 is 1.14 bits per heavy atom. The van der Waals surface area contributed by atoms with Gasteiger partial charge in [0.2, 0.25) is 5.91 Å². The van der Waals surface area contributed by atoms with E-state index in [1.165, 1.54) is 0 Å². The van der Waals surface area contributed by atoms with Gasteiger partial charge >= 0.3 is 0 Å². The van der Waals surface area contributed by atoms with Crippen molar-refractivity contribution in [1.29, 1.82) is 0 Å². The van der Waals surface area contributed by atoms with Crippen molar-refractivity contribution in [1.82, 2.24) is 10.6 Å². The molecule has 118 valence electrons. The zero-order valence-corrected chi connectivity index (χ0v) is 13.5. The molecule has 5 nitrogen and oxygen atoms in total. The summed E-state index contributed by atoms with van der Waals surface area (Å²) in [4.78, 5) is 23.4. The van der Waals surface area contributed by atoms with Gasteiger partial charge in [-0.2, -0.15) is 0 Å². The van der Waals surface area contributed by atoms with Gasteiger partial charge in [0.15, 0.2) is 0 Å². The summed E-state index contributed by atoms with van der Waals surface area (Å²) in [5, 5.41) is 5.57. The van der Waals surface area contributed by atoms with Crippen molar-refractivity contribution in [2.75, 3.05) is 6.54 Å². The lowest BCUT2D eigenvalue weighted by Crippen LogP contribution is -2.41. The molecule has 0 bridgehead atoms. The van der Waals surface area contributed by atoms with Crippen LogP contribution in [0.2, 0.25) is 0 Å². The van der Waals surface area contributed by atoms with E-state index in [2.05, 4.69) is 10.6 Å². The van der Waals surface area contributed by atoms with Crippen LogP contribution in [0.15, 0.2) is 24.3 Å². The number of carbonyl (C=O) groups is 2. The zero-order valence-electron chi connectivity index (χ0n) is 12.7. The van der Waals surface area contributed by atoms with Crippen molar-refractivity contribution < 1.29 is 9.59 Å². The molecule has 0 radical (unpaired) electrons. The number of rotatable bonds is 5. The first-order valence-electron chi connectivity index (χ1n) is 6.70. The van der Waals surface area contributed by atoms with E-state index in [4.69, 9.17) is 5.73 Å². The molecule has 1 aromatic rings. The van der Waals surface area contributed by atoms with Crippen LogP contribution in [0.25, 0.3) is 0 Å². The van der Waals surface area contributed by atoms with Gasteiger partial charge in [0.05, 0.1) is 0 Å². The molecule has 1 aromatic carbocycles. The second-order valence-corrected chi connectivity index (χ2v) is 5.71. The first kappa shape index (κ1) is 19.4. The predicted octanol–water partition coefficient (Wildman–Crippen LogP) is 1.60. The van der Waals surface area contributed by atoms with E-state index < -0.39 is 0 Å². The highest BCUT2D eigenvalue weighted by Gasteiger charge is 2.13. The number of carbonyl (C=O) groups excluding carboxylic acids is 2. The molecule has 0 fully saturated rings. The molecular weight excluding hydrogens is 290 g/mol. The van der Waals surface area contributed by atoms with Gasteiger partial charge in [0.25, 0.3) is 5.91 Å². The fourth-order valence-corrected chi connectivity index (χ4v) is 1.66. The topological polar surface area (TPSA) is 84.2 Å². The fraction of sp³-hybridized carbons (Fsp3) is 0.467. The highest BCUT2D eigenvalue weighted by Crippen LogP contribution is 2.03. The first-order chi connectivity index (χ1) is 9.31. The molecule has 0 aliphatic rings. The van der Waals surface area contributed by atoms with E-state index in [9.17, 15) is 9.59 Å². The van der Waals surface area contributed by atoms with E-state index in [-0.39, 0.29) is 36.2 Å². The van der Waals surface area contributed by atoms with Gasteiger partial charge in [0.1, 0.15) is 0 Å². The number of nitrogens with one attached hydrogen (secondary N) is 2. The van der Waals surface area contributed by atoms with Crippen molar-refractivity contribution in [3.63, 3.8) is 0 Å². The lowest BCUT2D eigenvalue weighted by molar-refractivity contribution is -0.122. The van der Waals surface area contributed by atoms with E-state index in [0.717, 1.165) is 5.56 Å². The van der Waals surface area contributed by atoms with Gasteiger partial charge in [-0.3, -0.25) is 9.59 Å². The SMILES string of the molecule is CC(C)(C)NC(=O)CCNC(=O)c1ccc(CN)cc1.Cl. The maximum absolute atomic E-state index is 11.8. The number of hydrogen-bond acceptors (Lipinski definition) is 3. The average molecular weight is 314 g/mol. The normalized spacial score (nSPS) is 10.5. The number of nitrogens with two attached hydrogens (primary N) is 1. The lowest BCUT2D eigenvalue weighted by Gasteiger charge is -2.20. The first-order valence-corrected chi connectivity index (χ1v) is 6.70. The molecule has 1 rings (SSSR count). The standard InChI is InChI=1S/C15H23N3O2.ClH/c1-15(2,3)18-13(19)8-9-17-14(20)12-6-4-11(10-16)5-7-12;/h4-7H,8-10,16H2,1-3H3,(H,17,20)(H,18,19);1H. The Balaban J connectivity index is 0.00000400. The average Bonchev–Trinajstić information content (AvgIpc) is 2.36.